The molecule has 0 spiro atoms. The molecule has 2 rings (SSSR count). The Hall–Kier alpha value is -3.47. The largest absolute Gasteiger partial charge is 0.493 e. The first-order valence-corrected chi connectivity index (χ1v) is 11.9. The van der Waals surface area contributed by atoms with Gasteiger partial charge in [0.1, 0.15) is 0 Å². The van der Waals surface area contributed by atoms with Gasteiger partial charge in [-0.05, 0) is 60.3 Å². The topological polar surface area (TPSA) is 97.0 Å². The molecule has 0 saturated carbocycles. The van der Waals surface area contributed by atoms with E-state index in [0.717, 1.165) is 5.56 Å². The van der Waals surface area contributed by atoms with Gasteiger partial charge >= 0.3 is 0 Å². The standard InChI is InChI=1S/C24H27N3O5S2/c1-5-15-27(16-6-2)34(29,30)20-11-9-19(10-12-20)25-24(33)26-23(28)14-8-18-7-13-21(31-3)22(17-18)32-4/h5-14,17H,1-2,15-16H2,3-4H3,(H2,25,26,28,33)/b14-8+. The minimum atomic E-state index is -3.70. The number of anilines is 1. The van der Waals surface area contributed by atoms with Gasteiger partial charge in [-0.25, -0.2) is 8.42 Å². The summed E-state index contributed by atoms with van der Waals surface area (Å²) in [5.41, 5.74) is 1.26. The Morgan fingerprint density at radius 2 is 1.65 bits per heavy atom. The van der Waals surface area contributed by atoms with Crippen LogP contribution in [-0.4, -0.2) is 51.1 Å². The van der Waals surface area contributed by atoms with E-state index < -0.39 is 15.9 Å². The van der Waals surface area contributed by atoms with E-state index >= 15 is 0 Å². The van der Waals surface area contributed by atoms with E-state index in [0.29, 0.717) is 17.2 Å². The Morgan fingerprint density at radius 3 is 2.21 bits per heavy atom. The molecule has 0 aliphatic heterocycles. The average molecular weight is 502 g/mol. The molecule has 1 amide bonds. The molecular formula is C24H27N3O5S2. The average Bonchev–Trinajstić information content (AvgIpc) is 2.82. The lowest BCUT2D eigenvalue weighted by molar-refractivity contribution is -0.115. The van der Waals surface area contributed by atoms with Crippen LogP contribution in [0.2, 0.25) is 0 Å². The van der Waals surface area contributed by atoms with E-state index in [1.54, 1.807) is 43.5 Å². The molecule has 0 aliphatic carbocycles. The fourth-order valence-corrected chi connectivity index (χ4v) is 4.46. The molecule has 0 atom stereocenters. The fraction of sp³-hybridized carbons (Fsp3) is 0.167. The maximum absolute atomic E-state index is 12.8. The Bertz CT molecular complexity index is 1170. The summed E-state index contributed by atoms with van der Waals surface area (Å²) in [5.74, 6) is 0.697. The summed E-state index contributed by atoms with van der Waals surface area (Å²) in [6.45, 7) is 7.52. The lowest BCUT2D eigenvalue weighted by atomic mass is 10.2. The van der Waals surface area contributed by atoms with Crippen LogP contribution < -0.4 is 20.1 Å². The van der Waals surface area contributed by atoms with Crippen molar-refractivity contribution in [3.8, 4) is 11.5 Å². The molecule has 0 bridgehead atoms. The number of carbonyl (C=O) groups is 1. The molecule has 0 saturated heterocycles. The van der Waals surface area contributed by atoms with Crippen molar-refractivity contribution in [1.82, 2.24) is 9.62 Å². The molecule has 0 fully saturated rings. The monoisotopic (exact) mass is 501 g/mol. The number of sulfonamides is 1. The maximum atomic E-state index is 12.8. The van der Waals surface area contributed by atoms with Crippen molar-refractivity contribution in [2.24, 2.45) is 0 Å². The van der Waals surface area contributed by atoms with Gasteiger partial charge in [0.2, 0.25) is 15.9 Å². The van der Waals surface area contributed by atoms with Gasteiger partial charge in [-0.15, -0.1) is 13.2 Å². The third kappa shape index (κ3) is 7.27. The van der Waals surface area contributed by atoms with E-state index in [-0.39, 0.29) is 23.1 Å². The van der Waals surface area contributed by atoms with Crippen molar-refractivity contribution >= 4 is 45.0 Å². The molecule has 0 radical (unpaired) electrons. The molecular weight excluding hydrogens is 474 g/mol. The normalized spacial score (nSPS) is 11.1. The van der Waals surface area contributed by atoms with Crippen LogP contribution in [0.5, 0.6) is 11.5 Å². The van der Waals surface area contributed by atoms with Crippen LogP contribution in [0, 0.1) is 0 Å². The number of rotatable bonds is 11. The van der Waals surface area contributed by atoms with Crippen molar-refractivity contribution < 1.29 is 22.7 Å². The molecule has 0 aromatic heterocycles. The molecule has 8 nitrogen and oxygen atoms in total. The summed E-state index contributed by atoms with van der Waals surface area (Å²) in [6, 6.07) is 11.3. The smallest absolute Gasteiger partial charge is 0.250 e. The van der Waals surface area contributed by atoms with E-state index in [1.807, 2.05) is 0 Å². The molecule has 2 aromatic carbocycles. The van der Waals surface area contributed by atoms with Crippen LogP contribution in [-0.2, 0) is 14.8 Å². The van der Waals surface area contributed by atoms with Crippen LogP contribution in [0.1, 0.15) is 5.56 Å². The number of ether oxygens (including phenoxy) is 2. The Balaban J connectivity index is 1.99. The van der Waals surface area contributed by atoms with Gasteiger partial charge in [0, 0.05) is 24.9 Å². The molecule has 34 heavy (non-hydrogen) atoms. The quantitative estimate of drug-likeness (QED) is 0.276. The Labute approximate surface area is 205 Å². The highest BCUT2D eigenvalue weighted by Crippen LogP contribution is 2.28. The lowest BCUT2D eigenvalue weighted by Crippen LogP contribution is -2.33. The molecule has 10 heteroatoms. The van der Waals surface area contributed by atoms with Gasteiger partial charge in [0.25, 0.3) is 0 Å². The highest BCUT2D eigenvalue weighted by Gasteiger charge is 2.22. The fourth-order valence-electron chi connectivity index (χ4n) is 2.86. The van der Waals surface area contributed by atoms with Gasteiger partial charge in [0.15, 0.2) is 16.6 Å². The number of hydrogen-bond acceptors (Lipinski definition) is 6. The highest BCUT2D eigenvalue weighted by atomic mass is 32.2. The van der Waals surface area contributed by atoms with Crippen molar-refractivity contribution in [3.05, 3.63) is 79.4 Å². The van der Waals surface area contributed by atoms with Gasteiger partial charge in [-0.2, -0.15) is 4.31 Å². The second-order valence-corrected chi connectivity index (χ2v) is 9.16. The summed E-state index contributed by atoms with van der Waals surface area (Å²) in [5, 5.41) is 5.45. The van der Waals surface area contributed by atoms with Crippen LogP contribution in [0.4, 0.5) is 5.69 Å². The minimum absolute atomic E-state index is 0.0671. The number of benzene rings is 2. The maximum Gasteiger partial charge on any atom is 0.250 e. The van der Waals surface area contributed by atoms with Crippen LogP contribution in [0.3, 0.4) is 0 Å². The third-order valence-electron chi connectivity index (χ3n) is 4.49. The second-order valence-electron chi connectivity index (χ2n) is 6.81. The van der Waals surface area contributed by atoms with Gasteiger partial charge in [-0.3, -0.25) is 10.1 Å². The van der Waals surface area contributed by atoms with Gasteiger partial charge in [-0.1, -0.05) is 18.2 Å². The zero-order valence-corrected chi connectivity index (χ0v) is 20.6. The lowest BCUT2D eigenvalue weighted by Gasteiger charge is -2.19. The number of nitrogens with zero attached hydrogens (tertiary/aromatic N) is 1. The van der Waals surface area contributed by atoms with Crippen molar-refractivity contribution in [2.45, 2.75) is 4.90 Å². The molecule has 180 valence electrons. The summed E-state index contributed by atoms with van der Waals surface area (Å²) in [6.07, 6.45) is 5.96. The number of hydrogen-bond donors (Lipinski definition) is 2. The molecule has 2 aromatic rings. The molecule has 2 N–H and O–H groups in total. The highest BCUT2D eigenvalue weighted by molar-refractivity contribution is 7.89. The van der Waals surface area contributed by atoms with E-state index in [2.05, 4.69) is 23.8 Å². The van der Waals surface area contributed by atoms with Crippen molar-refractivity contribution in [1.29, 1.82) is 0 Å². The first-order chi connectivity index (χ1) is 16.2. The number of carbonyl (C=O) groups excluding carboxylic acids is 1. The molecule has 0 aliphatic rings. The van der Waals surface area contributed by atoms with Gasteiger partial charge < -0.3 is 14.8 Å². The third-order valence-corrected chi connectivity index (χ3v) is 6.54. The second kappa shape index (κ2) is 12.7. The summed E-state index contributed by atoms with van der Waals surface area (Å²) in [7, 11) is -0.625. The SMILES string of the molecule is C=CCN(CC=C)S(=O)(=O)c1ccc(NC(=S)NC(=O)/C=C/c2ccc(OC)c(OC)c2)cc1. The van der Waals surface area contributed by atoms with Crippen molar-refractivity contribution in [2.75, 3.05) is 32.6 Å². The zero-order chi connectivity index (χ0) is 25.1. The molecule has 0 heterocycles. The number of thiocarbonyl (C=S) groups is 1. The van der Waals surface area contributed by atoms with Crippen LogP contribution in [0.25, 0.3) is 6.08 Å². The summed E-state index contributed by atoms with van der Waals surface area (Å²) >= 11 is 5.17. The van der Waals surface area contributed by atoms with E-state index in [4.69, 9.17) is 21.7 Å². The zero-order valence-electron chi connectivity index (χ0n) is 19.0. The number of amides is 1. The predicted octanol–water partition coefficient (Wildman–Crippen LogP) is 3.59. The first-order valence-electron chi connectivity index (χ1n) is 10.1. The summed E-state index contributed by atoms with van der Waals surface area (Å²) < 4.78 is 37.2. The number of methoxy groups -OCH3 is 2. The van der Waals surface area contributed by atoms with Crippen molar-refractivity contribution in [3.63, 3.8) is 0 Å². The van der Waals surface area contributed by atoms with Crippen LogP contribution >= 0.6 is 12.2 Å². The minimum Gasteiger partial charge on any atom is -0.493 e. The van der Waals surface area contributed by atoms with Crippen LogP contribution in [0.15, 0.2) is 78.7 Å². The molecule has 0 unspecified atom stereocenters. The first kappa shape index (κ1) is 26.8. The van der Waals surface area contributed by atoms with E-state index in [1.165, 1.54) is 41.8 Å². The number of nitrogens with one attached hydrogen (secondary N) is 2. The summed E-state index contributed by atoms with van der Waals surface area (Å²) in [4.78, 5) is 12.3. The van der Waals surface area contributed by atoms with Gasteiger partial charge in [0.05, 0.1) is 19.1 Å². The van der Waals surface area contributed by atoms with E-state index in [9.17, 15) is 13.2 Å². The Morgan fingerprint density at radius 1 is 1.03 bits per heavy atom. The Kier molecular flexibility index (Phi) is 9.99. The predicted molar refractivity (Wildman–Crippen MR) is 139 cm³/mol.